The SMILES string of the molecule is C=C[C@@H](c1c(O)ccc2ccccc12)N1CCNCC1.Cl.Cl. The van der Waals surface area contributed by atoms with E-state index in [0.717, 1.165) is 42.5 Å². The van der Waals surface area contributed by atoms with E-state index in [9.17, 15) is 5.11 Å². The van der Waals surface area contributed by atoms with Crippen molar-refractivity contribution in [3.63, 3.8) is 0 Å². The van der Waals surface area contributed by atoms with Crippen LogP contribution in [-0.4, -0.2) is 36.2 Å². The number of hydrogen-bond donors (Lipinski definition) is 2. The van der Waals surface area contributed by atoms with Gasteiger partial charge in [-0.05, 0) is 16.8 Å². The molecule has 2 N–H and O–H groups in total. The summed E-state index contributed by atoms with van der Waals surface area (Å²) < 4.78 is 0. The van der Waals surface area contributed by atoms with E-state index in [-0.39, 0.29) is 30.9 Å². The van der Waals surface area contributed by atoms with Gasteiger partial charge in [-0.1, -0.05) is 36.4 Å². The molecule has 120 valence electrons. The Morgan fingerprint density at radius 1 is 1.09 bits per heavy atom. The van der Waals surface area contributed by atoms with Crippen molar-refractivity contribution in [3.8, 4) is 5.75 Å². The third-order valence-electron chi connectivity index (χ3n) is 4.01. The first-order chi connectivity index (χ1) is 9.81. The van der Waals surface area contributed by atoms with Crippen LogP contribution in [0, 0.1) is 0 Å². The molecule has 1 fully saturated rings. The first-order valence-electron chi connectivity index (χ1n) is 7.09. The maximum atomic E-state index is 10.4. The molecule has 1 heterocycles. The molecule has 3 rings (SSSR count). The molecular formula is C17H22Cl2N2O. The van der Waals surface area contributed by atoms with E-state index in [1.54, 1.807) is 6.07 Å². The van der Waals surface area contributed by atoms with Gasteiger partial charge in [-0.15, -0.1) is 31.4 Å². The van der Waals surface area contributed by atoms with Gasteiger partial charge < -0.3 is 10.4 Å². The number of phenols is 1. The van der Waals surface area contributed by atoms with E-state index in [1.165, 1.54) is 0 Å². The van der Waals surface area contributed by atoms with Crippen LogP contribution in [0.3, 0.4) is 0 Å². The Morgan fingerprint density at radius 3 is 2.45 bits per heavy atom. The van der Waals surface area contributed by atoms with Gasteiger partial charge in [0.25, 0.3) is 0 Å². The van der Waals surface area contributed by atoms with Crippen LogP contribution in [0.4, 0.5) is 0 Å². The van der Waals surface area contributed by atoms with Crippen molar-refractivity contribution in [3.05, 3.63) is 54.6 Å². The zero-order valence-electron chi connectivity index (χ0n) is 12.4. The Kier molecular flexibility index (Phi) is 7.17. The minimum absolute atomic E-state index is 0. The Bertz CT molecular complexity index is 627. The van der Waals surface area contributed by atoms with Crippen LogP contribution in [-0.2, 0) is 0 Å². The normalized spacial score (nSPS) is 16.4. The molecular weight excluding hydrogens is 319 g/mol. The number of aromatic hydroxyl groups is 1. The minimum Gasteiger partial charge on any atom is -0.508 e. The van der Waals surface area contributed by atoms with Gasteiger partial charge in [0.15, 0.2) is 0 Å². The molecule has 1 saturated heterocycles. The lowest BCUT2D eigenvalue weighted by Crippen LogP contribution is -2.44. The van der Waals surface area contributed by atoms with Crippen molar-refractivity contribution >= 4 is 35.6 Å². The Balaban J connectivity index is 0.00000121. The van der Waals surface area contributed by atoms with Crippen LogP contribution in [0.15, 0.2) is 49.1 Å². The maximum absolute atomic E-state index is 10.4. The highest BCUT2D eigenvalue weighted by atomic mass is 35.5. The average Bonchev–Trinajstić information content (AvgIpc) is 2.51. The van der Waals surface area contributed by atoms with Gasteiger partial charge in [-0.25, -0.2) is 0 Å². The van der Waals surface area contributed by atoms with Gasteiger partial charge >= 0.3 is 0 Å². The summed E-state index contributed by atoms with van der Waals surface area (Å²) in [4.78, 5) is 2.37. The molecule has 0 unspecified atom stereocenters. The van der Waals surface area contributed by atoms with Crippen LogP contribution in [0.5, 0.6) is 5.75 Å². The lowest BCUT2D eigenvalue weighted by Gasteiger charge is -2.34. The number of halogens is 2. The average molecular weight is 341 g/mol. The summed E-state index contributed by atoms with van der Waals surface area (Å²) in [6.07, 6.45) is 1.94. The third-order valence-corrected chi connectivity index (χ3v) is 4.01. The molecule has 1 aliphatic rings. The van der Waals surface area contributed by atoms with Crippen LogP contribution in [0.25, 0.3) is 10.8 Å². The lowest BCUT2D eigenvalue weighted by molar-refractivity contribution is 0.202. The molecule has 0 aliphatic carbocycles. The van der Waals surface area contributed by atoms with Gasteiger partial charge in [-0.2, -0.15) is 0 Å². The summed E-state index contributed by atoms with van der Waals surface area (Å²) in [5.41, 5.74) is 0.972. The zero-order chi connectivity index (χ0) is 13.9. The van der Waals surface area contributed by atoms with Crippen molar-refractivity contribution in [1.82, 2.24) is 10.2 Å². The number of piperazine rings is 1. The van der Waals surface area contributed by atoms with E-state index in [1.807, 2.05) is 24.3 Å². The van der Waals surface area contributed by atoms with Crippen molar-refractivity contribution in [2.45, 2.75) is 6.04 Å². The number of nitrogens with zero attached hydrogens (tertiary/aromatic N) is 1. The summed E-state index contributed by atoms with van der Waals surface area (Å²) >= 11 is 0. The standard InChI is InChI=1S/C17H20N2O.2ClH/c1-2-15(19-11-9-18-10-12-19)17-14-6-4-3-5-13(14)7-8-16(17)20;;/h2-8,15,18,20H,1,9-12H2;2*1H/t15-;;/m0../s1. The van der Waals surface area contributed by atoms with Crippen LogP contribution < -0.4 is 5.32 Å². The van der Waals surface area contributed by atoms with Crippen LogP contribution >= 0.6 is 24.8 Å². The summed E-state index contributed by atoms with van der Waals surface area (Å²) in [6, 6.07) is 12.0. The number of nitrogens with one attached hydrogen (secondary N) is 1. The molecule has 1 atom stereocenters. The van der Waals surface area contributed by atoms with Crippen molar-refractivity contribution in [2.24, 2.45) is 0 Å². The molecule has 5 heteroatoms. The van der Waals surface area contributed by atoms with Crippen molar-refractivity contribution < 1.29 is 5.11 Å². The number of fused-ring (bicyclic) bond motifs is 1. The molecule has 0 aromatic heterocycles. The predicted octanol–water partition coefficient (Wildman–Crippen LogP) is 3.52. The number of phenolic OH excluding ortho intramolecular Hbond substituents is 1. The summed E-state index contributed by atoms with van der Waals surface area (Å²) in [6.45, 7) is 7.89. The fraction of sp³-hybridized carbons (Fsp3) is 0.294. The molecule has 0 amide bonds. The Hall–Kier alpha value is -1.26. The Labute approximate surface area is 143 Å². The maximum Gasteiger partial charge on any atom is 0.121 e. The quantitative estimate of drug-likeness (QED) is 0.839. The van der Waals surface area contributed by atoms with Gasteiger partial charge in [0.2, 0.25) is 0 Å². The van der Waals surface area contributed by atoms with Gasteiger partial charge in [0, 0.05) is 31.7 Å². The second-order valence-corrected chi connectivity index (χ2v) is 5.19. The largest absolute Gasteiger partial charge is 0.508 e. The monoisotopic (exact) mass is 340 g/mol. The van der Waals surface area contributed by atoms with Crippen molar-refractivity contribution in [2.75, 3.05) is 26.2 Å². The lowest BCUT2D eigenvalue weighted by atomic mass is 9.96. The molecule has 2 aromatic carbocycles. The second kappa shape index (κ2) is 8.39. The molecule has 1 aliphatic heterocycles. The van der Waals surface area contributed by atoms with Crippen LogP contribution in [0.2, 0.25) is 0 Å². The fourth-order valence-corrected chi connectivity index (χ4v) is 3.00. The first-order valence-corrected chi connectivity index (χ1v) is 7.09. The third kappa shape index (κ3) is 3.55. The number of benzene rings is 2. The van der Waals surface area contributed by atoms with E-state index in [2.05, 4.69) is 28.9 Å². The van der Waals surface area contributed by atoms with E-state index in [4.69, 9.17) is 0 Å². The summed E-state index contributed by atoms with van der Waals surface area (Å²) in [5, 5.41) is 16.0. The number of rotatable bonds is 3. The summed E-state index contributed by atoms with van der Waals surface area (Å²) in [7, 11) is 0. The number of hydrogen-bond acceptors (Lipinski definition) is 3. The van der Waals surface area contributed by atoms with E-state index in [0.29, 0.717) is 5.75 Å². The molecule has 0 spiro atoms. The highest BCUT2D eigenvalue weighted by molar-refractivity contribution is 5.88. The smallest absolute Gasteiger partial charge is 0.121 e. The van der Waals surface area contributed by atoms with E-state index < -0.39 is 0 Å². The minimum atomic E-state index is 0. The highest BCUT2D eigenvalue weighted by Gasteiger charge is 2.23. The zero-order valence-corrected chi connectivity index (χ0v) is 14.0. The molecule has 0 bridgehead atoms. The Morgan fingerprint density at radius 2 is 1.77 bits per heavy atom. The first kappa shape index (κ1) is 18.8. The second-order valence-electron chi connectivity index (χ2n) is 5.19. The van der Waals surface area contributed by atoms with Gasteiger partial charge in [-0.3, -0.25) is 4.90 Å². The fourth-order valence-electron chi connectivity index (χ4n) is 3.00. The van der Waals surface area contributed by atoms with Crippen molar-refractivity contribution in [1.29, 1.82) is 0 Å². The summed E-state index contributed by atoms with van der Waals surface area (Å²) in [5.74, 6) is 0.354. The van der Waals surface area contributed by atoms with Gasteiger partial charge in [0.1, 0.15) is 5.75 Å². The van der Waals surface area contributed by atoms with Crippen LogP contribution in [0.1, 0.15) is 11.6 Å². The van der Waals surface area contributed by atoms with E-state index >= 15 is 0 Å². The predicted molar refractivity (Wildman–Crippen MR) is 97.5 cm³/mol. The molecule has 0 saturated carbocycles. The topological polar surface area (TPSA) is 35.5 Å². The molecule has 2 aromatic rings. The molecule has 3 nitrogen and oxygen atoms in total. The van der Waals surface area contributed by atoms with Gasteiger partial charge in [0.05, 0.1) is 6.04 Å². The highest BCUT2D eigenvalue weighted by Crippen LogP contribution is 2.36. The molecule has 22 heavy (non-hydrogen) atoms. The molecule has 0 radical (unpaired) electrons.